The van der Waals surface area contributed by atoms with Crippen molar-refractivity contribution in [1.29, 1.82) is 0 Å². The lowest BCUT2D eigenvalue weighted by molar-refractivity contribution is 0.00457. The molecule has 0 N–H and O–H groups in total. The van der Waals surface area contributed by atoms with Gasteiger partial charge in [-0.1, -0.05) is 0 Å². The van der Waals surface area contributed by atoms with Crippen LogP contribution in [-0.2, 0) is 22.6 Å². The van der Waals surface area contributed by atoms with E-state index in [-0.39, 0.29) is 6.04 Å². The minimum absolute atomic E-state index is 0.255. The van der Waals surface area contributed by atoms with E-state index in [1.54, 1.807) is 0 Å². The van der Waals surface area contributed by atoms with Crippen molar-refractivity contribution in [3.63, 3.8) is 0 Å². The van der Waals surface area contributed by atoms with Crippen LogP contribution in [0.15, 0.2) is 0 Å². The van der Waals surface area contributed by atoms with Gasteiger partial charge in [-0.25, -0.2) is 4.68 Å². The Morgan fingerprint density at radius 2 is 1.89 bits per heavy atom. The molecule has 27 heavy (non-hydrogen) atoms. The zero-order valence-corrected chi connectivity index (χ0v) is 16.5. The van der Waals surface area contributed by atoms with Gasteiger partial charge in [0.25, 0.3) is 0 Å². The smallest absolute Gasteiger partial charge is 0.172 e. The third-order valence-corrected chi connectivity index (χ3v) is 5.84. The number of nitrogens with zero attached hydrogens (tertiary/aromatic N) is 7. The van der Waals surface area contributed by atoms with Gasteiger partial charge in [-0.15, -0.1) is 5.10 Å². The number of hydrogen-bond acceptors (Lipinski definition) is 7. The second kappa shape index (κ2) is 8.04. The average molecular weight is 375 g/mol. The molecule has 9 nitrogen and oxygen atoms in total. The standard InChI is InChI=1S/C18H29N7O2/c1-13-18(16-12-27-9-6-23(16)3)14(2)24(20-13)11-17-19-21-22-25(17)10-15-4-7-26-8-5-15/h15-16H,4-12H2,1-3H3. The van der Waals surface area contributed by atoms with Crippen molar-refractivity contribution in [2.24, 2.45) is 5.92 Å². The summed E-state index contributed by atoms with van der Waals surface area (Å²) in [4.78, 5) is 2.35. The van der Waals surface area contributed by atoms with Gasteiger partial charge in [-0.05, 0) is 50.1 Å². The van der Waals surface area contributed by atoms with E-state index < -0.39 is 0 Å². The van der Waals surface area contributed by atoms with E-state index in [1.807, 2.05) is 9.36 Å². The molecule has 1 unspecified atom stereocenters. The van der Waals surface area contributed by atoms with Crippen LogP contribution < -0.4 is 0 Å². The molecule has 2 fully saturated rings. The number of likely N-dealkylation sites (N-methyl/N-ethyl adjacent to an activating group) is 1. The van der Waals surface area contributed by atoms with Gasteiger partial charge in [0.05, 0.1) is 24.9 Å². The summed E-state index contributed by atoms with van der Waals surface area (Å²) >= 11 is 0. The topological polar surface area (TPSA) is 83.1 Å². The predicted molar refractivity (Wildman–Crippen MR) is 98.4 cm³/mol. The van der Waals surface area contributed by atoms with E-state index in [9.17, 15) is 0 Å². The van der Waals surface area contributed by atoms with Crippen LogP contribution in [0, 0.1) is 19.8 Å². The van der Waals surface area contributed by atoms with Gasteiger partial charge in [0.1, 0.15) is 6.54 Å². The summed E-state index contributed by atoms with van der Waals surface area (Å²) in [7, 11) is 2.15. The van der Waals surface area contributed by atoms with Gasteiger partial charge in [-0.3, -0.25) is 9.58 Å². The maximum absolute atomic E-state index is 5.71. The summed E-state index contributed by atoms with van der Waals surface area (Å²) in [5.41, 5.74) is 3.48. The third-order valence-electron chi connectivity index (χ3n) is 5.84. The van der Waals surface area contributed by atoms with Crippen molar-refractivity contribution in [1.82, 2.24) is 34.9 Å². The Hall–Kier alpha value is -1.84. The molecule has 2 aromatic heterocycles. The molecular formula is C18H29N7O2. The first-order chi connectivity index (χ1) is 13.1. The molecule has 0 spiro atoms. The van der Waals surface area contributed by atoms with Crippen molar-refractivity contribution in [3.05, 3.63) is 22.8 Å². The average Bonchev–Trinajstić information content (AvgIpc) is 3.21. The van der Waals surface area contributed by atoms with Crippen molar-refractivity contribution >= 4 is 0 Å². The van der Waals surface area contributed by atoms with Crippen LogP contribution in [-0.4, -0.2) is 74.9 Å². The molecule has 2 saturated heterocycles. The monoisotopic (exact) mass is 375 g/mol. The summed E-state index contributed by atoms with van der Waals surface area (Å²) in [6.07, 6.45) is 2.13. The number of aryl methyl sites for hydroxylation is 1. The number of morpholine rings is 1. The highest BCUT2D eigenvalue weighted by Gasteiger charge is 2.28. The van der Waals surface area contributed by atoms with Gasteiger partial charge in [0.2, 0.25) is 0 Å². The minimum Gasteiger partial charge on any atom is -0.381 e. The van der Waals surface area contributed by atoms with Gasteiger partial charge >= 0.3 is 0 Å². The maximum Gasteiger partial charge on any atom is 0.172 e. The molecule has 2 aliphatic rings. The number of hydrogen-bond donors (Lipinski definition) is 0. The molecule has 0 radical (unpaired) electrons. The Morgan fingerprint density at radius 1 is 1.07 bits per heavy atom. The molecule has 9 heteroatoms. The van der Waals surface area contributed by atoms with Crippen LogP contribution >= 0.6 is 0 Å². The van der Waals surface area contributed by atoms with Gasteiger partial charge in [0.15, 0.2) is 5.82 Å². The third kappa shape index (κ3) is 3.90. The molecular weight excluding hydrogens is 346 g/mol. The van der Waals surface area contributed by atoms with E-state index in [0.717, 1.165) is 63.0 Å². The van der Waals surface area contributed by atoms with Crippen LogP contribution in [0.1, 0.15) is 41.7 Å². The number of ether oxygens (including phenoxy) is 2. The zero-order chi connectivity index (χ0) is 18.8. The Bertz CT molecular complexity index is 766. The van der Waals surface area contributed by atoms with Crippen LogP contribution in [0.4, 0.5) is 0 Å². The first-order valence-electron chi connectivity index (χ1n) is 9.78. The van der Waals surface area contributed by atoms with Gasteiger partial charge < -0.3 is 9.47 Å². The first-order valence-corrected chi connectivity index (χ1v) is 9.78. The highest BCUT2D eigenvalue weighted by molar-refractivity contribution is 5.29. The summed E-state index contributed by atoms with van der Waals surface area (Å²) in [5.74, 6) is 1.43. The largest absolute Gasteiger partial charge is 0.381 e. The number of tetrazole rings is 1. The Balaban J connectivity index is 1.52. The van der Waals surface area contributed by atoms with E-state index in [2.05, 4.69) is 41.3 Å². The van der Waals surface area contributed by atoms with Crippen molar-refractivity contribution in [3.8, 4) is 0 Å². The molecule has 148 valence electrons. The van der Waals surface area contributed by atoms with Crippen molar-refractivity contribution in [2.45, 2.75) is 45.8 Å². The molecule has 0 aliphatic carbocycles. The molecule has 0 amide bonds. The van der Waals surface area contributed by atoms with Crippen LogP contribution in [0.3, 0.4) is 0 Å². The van der Waals surface area contributed by atoms with E-state index in [0.29, 0.717) is 19.1 Å². The lowest BCUT2D eigenvalue weighted by Crippen LogP contribution is -2.37. The normalized spacial score (nSPS) is 22.4. The van der Waals surface area contributed by atoms with E-state index in [1.165, 1.54) is 5.56 Å². The summed E-state index contributed by atoms with van der Waals surface area (Å²) in [6.45, 7) is 9.75. The second-order valence-corrected chi connectivity index (χ2v) is 7.65. The number of aromatic nitrogens is 6. The Morgan fingerprint density at radius 3 is 2.67 bits per heavy atom. The number of rotatable bonds is 5. The zero-order valence-electron chi connectivity index (χ0n) is 16.5. The lowest BCUT2D eigenvalue weighted by Gasteiger charge is -2.32. The molecule has 4 heterocycles. The van der Waals surface area contributed by atoms with Crippen LogP contribution in [0.25, 0.3) is 0 Å². The minimum atomic E-state index is 0.255. The fourth-order valence-electron chi connectivity index (χ4n) is 4.12. The Kier molecular flexibility index (Phi) is 5.51. The molecule has 2 aliphatic heterocycles. The predicted octanol–water partition coefficient (Wildman–Crippen LogP) is 0.964. The summed E-state index contributed by atoms with van der Waals surface area (Å²) < 4.78 is 15.1. The molecule has 1 atom stereocenters. The fraction of sp³-hybridized carbons (Fsp3) is 0.778. The molecule has 0 bridgehead atoms. The molecule has 0 saturated carbocycles. The first kappa shape index (κ1) is 18.5. The highest BCUT2D eigenvalue weighted by Crippen LogP contribution is 2.28. The maximum atomic E-state index is 5.71. The van der Waals surface area contributed by atoms with Gasteiger partial charge in [-0.2, -0.15) is 5.10 Å². The fourth-order valence-corrected chi connectivity index (χ4v) is 4.12. The summed E-state index contributed by atoms with van der Waals surface area (Å²) in [6, 6.07) is 0.255. The van der Waals surface area contributed by atoms with Crippen molar-refractivity contribution in [2.75, 3.05) is 40.0 Å². The second-order valence-electron chi connectivity index (χ2n) is 7.65. The summed E-state index contributed by atoms with van der Waals surface area (Å²) in [5, 5.41) is 17.2. The van der Waals surface area contributed by atoms with E-state index in [4.69, 9.17) is 14.6 Å². The van der Waals surface area contributed by atoms with Crippen molar-refractivity contribution < 1.29 is 9.47 Å². The van der Waals surface area contributed by atoms with Crippen LogP contribution in [0.2, 0.25) is 0 Å². The Labute approximate surface area is 159 Å². The highest BCUT2D eigenvalue weighted by atomic mass is 16.5. The molecule has 2 aromatic rings. The van der Waals surface area contributed by atoms with Gasteiger partial charge in [0, 0.05) is 37.6 Å². The van der Waals surface area contributed by atoms with Crippen LogP contribution in [0.5, 0.6) is 0 Å². The molecule has 4 rings (SSSR count). The SMILES string of the molecule is Cc1nn(Cc2nnnn2CC2CCOCC2)c(C)c1C1COCCN1C. The molecule has 0 aromatic carbocycles. The quantitative estimate of drug-likeness (QED) is 0.770. The lowest BCUT2D eigenvalue weighted by atomic mass is 10.0. The van der Waals surface area contributed by atoms with E-state index >= 15 is 0 Å².